The molecule has 0 aromatic rings. The van der Waals surface area contributed by atoms with Crippen LogP contribution in [0.25, 0.3) is 0 Å². The molecule has 3 aliphatic heterocycles. The second-order valence-electron chi connectivity index (χ2n) is 2.20. The van der Waals surface area contributed by atoms with Crippen molar-refractivity contribution in [2.45, 2.75) is 18.6 Å². The lowest BCUT2D eigenvalue weighted by molar-refractivity contribution is -0.144. The van der Waals surface area contributed by atoms with E-state index in [-0.39, 0.29) is 0 Å². The second-order valence-corrected chi connectivity index (χ2v) is 2.20. The molecular formula is C5H8NO. The van der Waals surface area contributed by atoms with E-state index in [1.54, 1.807) is 0 Å². The predicted molar refractivity (Wildman–Crippen MR) is 25.1 cm³/mol. The highest BCUT2D eigenvalue weighted by molar-refractivity contribution is 4.85. The standard InChI is InChI=1S/C5H8NO/c1-4-2-6-3-5(1)7-4/h4-5H,1-3H2. The molecule has 39 valence electrons. The van der Waals surface area contributed by atoms with Gasteiger partial charge >= 0.3 is 0 Å². The Bertz CT molecular complexity index is 64.6. The van der Waals surface area contributed by atoms with Gasteiger partial charge in [0.25, 0.3) is 0 Å². The predicted octanol–water partition coefficient (Wildman–Crippen LogP) is -0.238. The van der Waals surface area contributed by atoms with Crippen molar-refractivity contribution in [3.8, 4) is 0 Å². The number of hydrogen-bond acceptors (Lipinski definition) is 1. The zero-order valence-electron chi connectivity index (χ0n) is 4.13. The van der Waals surface area contributed by atoms with Crippen molar-refractivity contribution in [3.63, 3.8) is 0 Å². The minimum Gasteiger partial charge on any atom is -0.372 e. The Labute approximate surface area is 42.9 Å². The Morgan fingerprint density at radius 1 is 1.29 bits per heavy atom. The van der Waals surface area contributed by atoms with E-state index < -0.39 is 0 Å². The van der Waals surface area contributed by atoms with Crippen LogP contribution >= 0.6 is 0 Å². The maximum atomic E-state index is 5.28. The van der Waals surface area contributed by atoms with Gasteiger partial charge in [0.1, 0.15) is 0 Å². The zero-order chi connectivity index (χ0) is 4.69. The molecule has 0 N–H and O–H groups in total. The van der Waals surface area contributed by atoms with Crippen molar-refractivity contribution in [1.82, 2.24) is 5.32 Å². The van der Waals surface area contributed by atoms with Crippen LogP contribution in [0.2, 0.25) is 0 Å². The maximum absolute atomic E-state index is 5.28. The van der Waals surface area contributed by atoms with Crippen LogP contribution in [0.5, 0.6) is 0 Å². The molecule has 3 fully saturated rings. The van der Waals surface area contributed by atoms with Crippen LogP contribution in [0, 0.1) is 0 Å². The first-order chi connectivity index (χ1) is 3.45. The fourth-order valence-electron chi connectivity index (χ4n) is 1.15. The summed E-state index contributed by atoms with van der Waals surface area (Å²) >= 11 is 0. The Kier molecular flexibility index (Phi) is 0.664. The SMILES string of the molecule is C1[N]CC2CC1O2. The van der Waals surface area contributed by atoms with E-state index in [0.717, 1.165) is 13.1 Å². The average molecular weight is 98.1 g/mol. The van der Waals surface area contributed by atoms with Crippen molar-refractivity contribution >= 4 is 0 Å². The van der Waals surface area contributed by atoms with Gasteiger partial charge in [-0.05, 0) is 0 Å². The lowest BCUT2D eigenvalue weighted by Gasteiger charge is -2.40. The summed E-state index contributed by atoms with van der Waals surface area (Å²) < 4.78 is 5.28. The average Bonchev–Trinajstić information content (AvgIpc) is 1.67. The molecule has 3 saturated heterocycles. The van der Waals surface area contributed by atoms with E-state index >= 15 is 0 Å². The van der Waals surface area contributed by atoms with Gasteiger partial charge in [-0.15, -0.1) is 0 Å². The van der Waals surface area contributed by atoms with Gasteiger partial charge in [0.05, 0.1) is 12.2 Å². The third-order valence-corrected chi connectivity index (χ3v) is 1.58. The highest BCUT2D eigenvalue weighted by atomic mass is 16.5. The summed E-state index contributed by atoms with van der Waals surface area (Å²) in [6.45, 7) is 1.91. The number of ether oxygens (including phenoxy) is 1. The van der Waals surface area contributed by atoms with Gasteiger partial charge in [0, 0.05) is 19.5 Å². The second kappa shape index (κ2) is 1.20. The van der Waals surface area contributed by atoms with Crippen molar-refractivity contribution in [3.05, 3.63) is 0 Å². The highest BCUT2D eigenvalue weighted by Gasteiger charge is 2.34. The monoisotopic (exact) mass is 98.1 g/mol. The molecule has 0 saturated carbocycles. The lowest BCUT2D eigenvalue weighted by Crippen LogP contribution is -2.52. The van der Waals surface area contributed by atoms with Crippen molar-refractivity contribution in [2.75, 3.05) is 13.1 Å². The zero-order valence-corrected chi connectivity index (χ0v) is 4.13. The smallest absolute Gasteiger partial charge is 0.0745 e. The summed E-state index contributed by atoms with van der Waals surface area (Å²) in [6.07, 6.45) is 2.29. The topological polar surface area (TPSA) is 23.3 Å². The fourth-order valence-corrected chi connectivity index (χ4v) is 1.15. The molecule has 3 rings (SSSR count). The van der Waals surface area contributed by atoms with Crippen LogP contribution in [0.15, 0.2) is 0 Å². The van der Waals surface area contributed by atoms with Crippen LogP contribution in [-0.2, 0) is 4.74 Å². The van der Waals surface area contributed by atoms with Crippen LogP contribution in [0.1, 0.15) is 6.42 Å². The molecule has 2 bridgehead atoms. The summed E-state index contributed by atoms with van der Waals surface area (Å²) in [6, 6.07) is 0. The van der Waals surface area contributed by atoms with E-state index in [2.05, 4.69) is 5.32 Å². The van der Waals surface area contributed by atoms with Gasteiger partial charge in [-0.3, -0.25) is 0 Å². The minimum atomic E-state index is 0.513. The molecule has 0 amide bonds. The quantitative estimate of drug-likeness (QED) is 0.410. The van der Waals surface area contributed by atoms with E-state index in [4.69, 9.17) is 4.74 Å². The molecule has 3 aliphatic rings. The Morgan fingerprint density at radius 2 is 1.86 bits per heavy atom. The molecule has 0 aromatic carbocycles. The third kappa shape index (κ3) is 0.469. The lowest BCUT2D eigenvalue weighted by atomic mass is 10.0. The fraction of sp³-hybridized carbons (Fsp3) is 1.00. The van der Waals surface area contributed by atoms with Gasteiger partial charge in [-0.25, -0.2) is 5.32 Å². The molecule has 7 heavy (non-hydrogen) atoms. The number of fused-ring (bicyclic) bond motifs is 2. The molecule has 1 radical (unpaired) electrons. The Hall–Kier alpha value is -0.0800. The van der Waals surface area contributed by atoms with E-state index in [1.807, 2.05) is 0 Å². The first kappa shape index (κ1) is 3.87. The first-order valence-electron chi connectivity index (χ1n) is 2.74. The summed E-state index contributed by atoms with van der Waals surface area (Å²) in [4.78, 5) is 0. The Morgan fingerprint density at radius 3 is 2.00 bits per heavy atom. The molecule has 0 aromatic heterocycles. The number of hydrogen-bond donors (Lipinski definition) is 0. The van der Waals surface area contributed by atoms with Crippen LogP contribution < -0.4 is 5.32 Å². The third-order valence-electron chi connectivity index (χ3n) is 1.58. The van der Waals surface area contributed by atoms with Gasteiger partial charge < -0.3 is 4.74 Å². The molecule has 2 nitrogen and oxygen atoms in total. The molecule has 2 unspecified atom stereocenters. The number of rotatable bonds is 0. The summed E-state index contributed by atoms with van der Waals surface area (Å²) in [5.74, 6) is 0. The summed E-state index contributed by atoms with van der Waals surface area (Å²) in [5.41, 5.74) is 0. The minimum absolute atomic E-state index is 0.513. The molecule has 2 heteroatoms. The molecule has 2 atom stereocenters. The van der Waals surface area contributed by atoms with Crippen molar-refractivity contribution in [2.24, 2.45) is 0 Å². The van der Waals surface area contributed by atoms with Gasteiger partial charge in [-0.2, -0.15) is 0 Å². The normalized spacial score (nSPS) is 48.0. The molecule has 3 heterocycles. The highest BCUT2D eigenvalue weighted by Crippen LogP contribution is 2.23. The maximum Gasteiger partial charge on any atom is 0.0745 e. The van der Waals surface area contributed by atoms with Crippen LogP contribution in [-0.4, -0.2) is 25.3 Å². The van der Waals surface area contributed by atoms with Gasteiger partial charge in [-0.1, -0.05) is 0 Å². The molecular weight excluding hydrogens is 90.1 g/mol. The molecule has 0 aliphatic carbocycles. The van der Waals surface area contributed by atoms with Crippen LogP contribution in [0.3, 0.4) is 0 Å². The van der Waals surface area contributed by atoms with Crippen LogP contribution in [0.4, 0.5) is 0 Å². The number of morpholine rings is 1. The van der Waals surface area contributed by atoms with Crippen molar-refractivity contribution < 1.29 is 4.74 Å². The number of piperidine rings is 1. The van der Waals surface area contributed by atoms with E-state index in [1.165, 1.54) is 6.42 Å². The number of nitrogens with zero attached hydrogens (tertiary/aromatic N) is 1. The summed E-state index contributed by atoms with van der Waals surface area (Å²) in [7, 11) is 0. The first-order valence-corrected chi connectivity index (χ1v) is 2.74. The van der Waals surface area contributed by atoms with Gasteiger partial charge in [0.15, 0.2) is 0 Å². The Balaban J connectivity index is 1.99. The molecule has 0 spiro atoms. The van der Waals surface area contributed by atoms with Crippen molar-refractivity contribution in [1.29, 1.82) is 0 Å². The van der Waals surface area contributed by atoms with E-state index in [0.29, 0.717) is 12.2 Å². The summed E-state index contributed by atoms with van der Waals surface area (Å²) in [5, 5.41) is 4.18. The largest absolute Gasteiger partial charge is 0.372 e. The van der Waals surface area contributed by atoms with Gasteiger partial charge in [0.2, 0.25) is 0 Å². The van der Waals surface area contributed by atoms with E-state index in [9.17, 15) is 0 Å².